The summed E-state index contributed by atoms with van der Waals surface area (Å²) in [5.74, 6) is -0.563. The highest BCUT2D eigenvalue weighted by molar-refractivity contribution is 5.92. The van der Waals surface area contributed by atoms with E-state index in [4.69, 9.17) is 10.9 Å². The van der Waals surface area contributed by atoms with Crippen LogP contribution in [0.2, 0.25) is 0 Å². The van der Waals surface area contributed by atoms with Gasteiger partial charge in [-0.1, -0.05) is 5.16 Å². The molecular weight excluding hydrogens is 293 g/mol. The van der Waals surface area contributed by atoms with E-state index in [1.807, 2.05) is 0 Å². The van der Waals surface area contributed by atoms with Crippen molar-refractivity contribution in [3.8, 4) is 5.75 Å². The molecule has 4 N–H and O–H groups in total. The molecule has 0 saturated carbocycles. The summed E-state index contributed by atoms with van der Waals surface area (Å²) in [4.78, 5) is 12.8. The monoisotopic (exact) mass is 306 g/mol. The Morgan fingerprint density at radius 1 is 1.43 bits per heavy atom. The van der Waals surface area contributed by atoms with Gasteiger partial charge in [0.1, 0.15) is 5.75 Å². The van der Waals surface area contributed by atoms with Crippen LogP contribution in [0.5, 0.6) is 5.75 Å². The molecule has 1 aromatic rings. The van der Waals surface area contributed by atoms with Crippen molar-refractivity contribution in [2.24, 2.45) is 10.9 Å². The maximum absolute atomic E-state index is 12.0. The van der Waals surface area contributed by atoms with E-state index in [2.05, 4.69) is 15.2 Å². The Bertz CT molecular complexity index is 516. The van der Waals surface area contributed by atoms with Gasteiger partial charge in [0.05, 0.1) is 6.54 Å². The van der Waals surface area contributed by atoms with Crippen molar-refractivity contribution in [1.82, 2.24) is 4.90 Å². The maximum atomic E-state index is 12.0. The van der Waals surface area contributed by atoms with Gasteiger partial charge in [-0.05, 0) is 24.3 Å². The summed E-state index contributed by atoms with van der Waals surface area (Å²) >= 11 is 0. The Kier molecular flexibility index (Phi) is 5.22. The summed E-state index contributed by atoms with van der Waals surface area (Å²) in [6.45, 7) is -0.113. The first kappa shape index (κ1) is 16.4. The number of carbonyl (C=O) groups excluding carboxylic acids is 1. The molecule has 2 amide bonds. The van der Waals surface area contributed by atoms with Gasteiger partial charge in [0.2, 0.25) is 0 Å². The van der Waals surface area contributed by atoms with Crippen molar-refractivity contribution >= 4 is 17.6 Å². The smallest absolute Gasteiger partial charge is 0.409 e. The molecule has 7 nitrogen and oxygen atoms in total. The molecule has 0 saturated heterocycles. The number of carbonyl (C=O) groups is 1. The van der Waals surface area contributed by atoms with E-state index in [9.17, 15) is 18.0 Å². The number of ether oxygens (including phenoxy) is 1. The lowest BCUT2D eigenvalue weighted by molar-refractivity contribution is -0.274. The molecule has 0 atom stereocenters. The van der Waals surface area contributed by atoms with Crippen LogP contribution in [0.4, 0.5) is 23.7 Å². The summed E-state index contributed by atoms with van der Waals surface area (Å²) in [5.41, 5.74) is 5.50. The zero-order valence-electron chi connectivity index (χ0n) is 10.9. The largest absolute Gasteiger partial charge is 0.573 e. The lowest BCUT2D eigenvalue weighted by atomic mass is 10.3. The molecule has 0 aliphatic heterocycles. The number of nitrogens with two attached hydrogens (primary N) is 1. The lowest BCUT2D eigenvalue weighted by Gasteiger charge is -2.17. The lowest BCUT2D eigenvalue weighted by Crippen LogP contribution is -2.38. The molecule has 10 heteroatoms. The van der Waals surface area contributed by atoms with Crippen molar-refractivity contribution in [2.75, 3.05) is 18.9 Å². The van der Waals surface area contributed by atoms with E-state index in [0.717, 1.165) is 17.0 Å². The number of hydrogen-bond donors (Lipinski definition) is 3. The van der Waals surface area contributed by atoms with Crippen molar-refractivity contribution in [2.45, 2.75) is 6.36 Å². The number of alkyl halides is 3. The predicted octanol–water partition coefficient (Wildman–Crippen LogP) is 1.80. The summed E-state index contributed by atoms with van der Waals surface area (Å²) in [6.07, 6.45) is -4.77. The fourth-order valence-electron chi connectivity index (χ4n) is 1.31. The van der Waals surface area contributed by atoms with E-state index in [0.29, 0.717) is 0 Å². The second-order valence-corrected chi connectivity index (χ2v) is 3.95. The van der Waals surface area contributed by atoms with Gasteiger partial charge in [0.15, 0.2) is 5.84 Å². The Hall–Kier alpha value is -2.65. The number of halogens is 3. The van der Waals surface area contributed by atoms with Crippen molar-refractivity contribution in [3.05, 3.63) is 24.3 Å². The van der Waals surface area contributed by atoms with E-state index in [1.54, 1.807) is 0 Å². The third-order valence-electron chi connectivity index (χ3n) is 2.21. The fourth-order valence-corrected chi connectivity index (χ4v) is 1.31. The second-order valence-electron chi connectivity index (χ2n) is 3.95. The highest BCUT2D eigenvalue weighted by atomic mass is 19.4. The minimum absolute atomic E-state index is 0.113. The number of amidine groups is 1. The highest BCUT2D eigenvalue weighted by Gasteiger charge is 2.30. The van der Waals surface area contributed by atoms with E-state index in [-0.39, 0.29) is 18.1 Å². The Morgan fingerprint density at radius 2 is 2.00 bits per heavy atom. The molecule has 1 aromatic carbocycles. The first-order chi connectivity index (χ1) is 9.71. The quantitative estimate of drug-likeness (QED) is 0.342. The van der Waals surface area contributed by atoms with Crippen LogP contribution < -0.4 is 15.8 Å². The number of nitrogens with one attached hydrogen (secondary N) is 1. The third kappa shape index (κ3) is 5.89. The number of oxime groups is 1. The molecule has 0 fully saturated rings. The molecule has 116 valence electrons. The Labute approximate surface area is 117 Å². The predicted molar refractivity (Wildman–Crippen MR) is 68.2 cm³/mol. The number of rotatable bonds is 4. The van der Waals surface area contributed by atoms with Gasteiger partial charge in [0, 0.05) is 12.7 Å². The first-order valence-electron chi connectivity index (χ1n) is 5.55. The molecule has 0 heterocycles. The van der Waals surface area contributed by atoms with Crippen LogP contribution in [0, 0.1) is 0 Å². The second kappa shape index (κ2) is 6.68. The van der Waals surface area contributed by atoms with Crippen LogP contribution >= 0.6 is 0 Å². The van der Waals surface area contributed by atoms with E-state index < -0.39 is 18.1 Å². The van der Waals surface area contributed by atoms with Gasteiger partial charge >= 0.3 is 12.4 Å². The molecule has 0 aliphatic carbocycles. The van der Waals surface area contributed by atoms with Gasteiger partial charge < -0.3 is 25.9 Å². The summed E-state index contributed by atoms with van der Waals surface area (Å²) in [5, 5.41) is 13.5. The average molecular weight is 306 g/mol. The van der Waals surface area contributed by atoms with Gasteiger partial charge in [-0.25, -0.2) is 4.79 Å². The van der Waals surface area contributed by atoms with Crippen LogP contribution in [0.25, 0.3) is 0 Å². The Morgan fingerprint density at radius 3 is 2.48 bits per heavy atom. The standard InChI is InChI=1S/C11H13F3N4O3/c1-18(6-9(15)17-20)10(19)16-7-2-4-8(5-3-7)21-11(12,13)14/h2-5,20H,6H2,1H3,(H2,15,17)(H,16,19). The summed E-state index contributed by atoms with van der Waals surface area (Å²) in [6, 6.07) is 4.04. The average Bonchev–Trinajstić information content (AvgIpc) is 2.39. The van der Waals surface area contributed by atoms with Gasteiger partial charge in [-0.15, -0.1) is 13.2 Å². The molecule has 0 bridgehead atoms. The molecular formula is C11H13F3N4O3. The normalized spacial score (nSPS) is 11.9. The van der Waals surface area contributed by atoms with Crippen molar-refractivity contribution in [3.63, 3.8) is 0 Å². The minimum atomic E-state index is -4.77. The SMILES string of the molecule is CN(C/C(N)=N/O)C(=O)Nc1ccc(OC(F)(F)F)cc1. The number of likely N-dealkylation sites (N-methyl/N-ethyl adjacent to an activating group) is 1. The number of anilines is 1. The molecule has 21 heavy (non-hydrogen) atoms. The van der Waals surface area contributed by atoms with E-state index in [1.165, 1.54) is 19.2 Å². The molecule has 0 radical (unpaired) electrons. The van der Waals surface area contributed by atoms with Crippen LogP contribution in [0.1, 0.15) is 0 Å². The zero-order chi connectivity index (χ0) is 16.0. The molecule has 1 rings (SSSR count). The van der Waals surface area contributed by atoms with Crippen molar-refractivity contribution < 1.29 is 27.9 Å². The number of nitrogens with zero attached hydrogens (tertiary/aromatic N) is 2. The molecule has 0 aromatic heterocycles. The minimum Gasteiger partial charge on any atom is -0.409 e. The summed E-state index contributed by atoms with van der Waals surface area (Å²) < 4.78 is 39.6. The maximum Gasteiger partial charge on any atom is 0.573 e. The fraction of sp³-hybridized carbons (Fsp3) is 0.273. The Balaban J connectivity index is 2.61. The van der Waals surface area contributed by atoms with Gasteiger partial charge in [-0.3, -0.25) is 0 Å². The van der Waals surface area contributed by atoms with Gasteiger partial charge in [0.25, 0.3) is 0 Å². The number of benzene rings is 1. The van der Waals surface area contributed by atoms with E-state index >= 15 is 0 Å². The highest BCUT2D eigenvalue weighted by Crippen LogP contribution is 2.23. The third-order valence-corrected chi connectivity index (χ3v) is 2.21. The van der Waals surface area contributed by atoms with Gasteiger partial charge in [-0.2, -0.15) is 0 Å². The zero-order valence-corrected chi connectivity index (χ0v) is 10.9. The molecule has 0 aliphatic rings. The molecule has 0 unspecified atom stereocenters. The number of urea groups is 1. The van der Waals surface area contributed by atoms with Crippen LogP contribution in [-0.4, -0.2) is 41.9 Å². The van der Waals surface area contributed by atoms with Crippen LogP contribution in [-0.2, 0) is 0 Å². The molecule has 0 spiro atoms. The van der Waals surface area contributed by atoms with Crippen LogP contribution in [0.3, 0.4) is 0 Å². The number of amides is 2. The number of hydrogen-bond acceptors (Lipinski definition) is 4. The first-order valence-corrected chi connectivity index (χ1v) is 5.55. The summed E-state index contributed by atoms with van der Waals surface area (Å²) in [7, 11) is 1.40. The van der Waals surface area contributed by atoms with Crippen molar-refractivity contribution in [1.29, 1.82) is 0 Å². The van der Waals surface area contributed by atoms with Crippen LogP contribution in [0.15, 0.2) is 29.4 Å². The topological polar surface area (TPSA) is 100 Å².